The van der Waals surface area contributed by atoms with Gasteiger partial charge >= 0.3 is 5.97 Å². The summed E-state index contributed by atoms with van der Waals surface area (Å²) in [5, 5.41) is 0. The predicted molar refractivity (Wildman–Crippen MR) is 75.9 cm³/mol. The summed E-state index contributed by atoms with van der Waals surface area (Å²) in [6.07, 6.45) is 3.11. The maximum Gasteiger partial charge on any atom is 0.323 e. The van der Waals surface area contributed by atoms with Gasteiger partial charge in [-0.25, -0.2) is 0 Å². The molecule has 0 radical (unpaired) electrons. The van der Waals surface area contributed by atoms with E-state index in [-0.39, 0.29) is 30.5 Å². The van der Waals surface area contributed by atoms with E-state index in [4.69, 9.17) is 10.5 Å². The molecule has 2 N–H and O–H groups in total. The number of carbonyl (C=O) groups is 1. The van der Waals surface area contributed by atoms with Gasteiger partial charge < -0.3 is 10.5 Å². The summed E-state index contributed by atoms with van der Waals surface area (Å²) in [6, 6.07) is 0.119. The van der Waals surface area contributed by atoms with Gasteiger partial charge in [0.25, 0.3) is 0 Å². The lowest BCUT2D eigenvalue weighted by atomic mass is 9.91. The van der Waals surface area contributed by atoms with Gasteiger partial charge in [-0.1, -0.05) is 6.92 Å². The van der Waals surface area contributed by atoms with Crippen molar-refractivity contribution in [3.05, 3.63) is 0 Å². The lowest BCUT2D eigenvalue weighted by Gasteiger charge is -2.38. The van der Waals surface area contributed by atoms with Crippen LogP contribution in [0.4, 0.5) is 0 Å². The Bertz CT molecular complexity index is 249. The molecular formula is C13H27ClN2O2. The topological polar surface area (TPSA) is 55.6 Å². The van der Waals surface area contributed by atoms with E-state index in [9.17, 15) is 4.79 Å². The molecule has 0 saturated carbocycles. The van der Waals surface area contributed by atoms with Crippen LogP contribution < -0.4 is 5.73 Å². The van der Waals surface area contributed by atoms with Crippen molar-refractivity contribution in [3.63, 3.8) is 0 Å². The van der Waals surface area contributed by atoms with Crippen molar-refractivity contribution in [2.45, 2.75) is 52.1 Å². The second kappa shape index (κ2) is 8.73. The van der Waals surface area contributed by atoms with Gasteiger partial charge in [0.05, 0.1) is 6.61 Å². The molecule has 0 bridgehead atoms. The summed E-state index contributed by atoms with van der Waals surface area (Å²) in [5.41, 5.74) is 5.96. The summed E-state index contributed by atoms with van der Waals surface area (Å²) >= 11 is 0. The maximum absolute atomic E-state index is 11.9. The molecule has 3 unspecified atom stereocenters. The van der Waals surface area contributed by atoms with Crippen molar-refractivity contribution in [1.82, 2.24) is 4.90 Å². The highest BCUT2D eigenvalue weighted by Gasteiger charge is 2.31. The number of hydrogen-bond acceptors (Lipinski definition) is 4. The molecule has 5 heteroatoms. The van der Waals surface area contributed by atoms with Crippen molar-refractivity contribution >= 4 is 18.4 Å². The molecular weight excluding hydrogens is 252 g/mol. The zero-order valence-electron chi connectivity index (χ0n) is 11.7. The van der Waals surface area contributed by atoms with Crippen LogP contribution in [0, 0.1) is 5.92 Å². The second-order valence-corrected chi connectivity index (χ2v) is 4.93. The van der Waals surface area contributed by atoms with E-state index in [1.165, 1.54) is 6.42 Å². The first-order chi connectivity index (χ1) is 8.10. The molecule has 1 heterocycles. The van der Waals surface area contributed by atoms with Gasteiger partial charge in [-0.15, -0.1) is 12.4 Å². The van der Waals surface area contributed by atoms with Crippen molar-refractivity contribution < 1.29 is 9.53 Å². The number of likely N-dealkylation sites (tertiary alicyclic amines) is 1. The Morgan fingerprint density at radius 1 is 1.50 bits per heavy atom. The molecule has 4 nitrogen and oxygen atoms in total. The standard InChI is InChI=1S/C13H26N2O2.ClH/c1-4-12(13(16)17-5-2)15-8-6-7-11(9-15)10(3)14;/h10-12H,4-9,14H2,1-3H3;1H. The molecule has 0 amide bonds. The number of nitrogens with two attached hydrogens (primary N) is 1. The Kier molecular flexibility index (Phi) is 8.57. The number of carbonyl (C=O) groups excluding carboxylic acids is 1. The van der Waals surface area contributed by atoms with Crippen LogP contribution in [0.3, 0.4) is 0 Å². The normalized spacial score (nSPS) is 23.9. The molecule has 0 aromatic carbocycles. The summed E-state index contributed by atoms with van der Waals surface area (Å²) in [7, 11) is 0. The van der Waals surface area contributed by atoms with Crippen LogP contribution in [-0.4, -0.2) is 42.6 Å². The molecule has 3 atom stereocenters. The molecule has 0 aliphatic carbocycles. The van der Waals surface area contributed by atoms with Crippen LogP contribution in [0.15, 0.2) is 0 Å². The Morgan fingerprint density at radius 3 is 2.67 bits per heavy atom. The minimum Gasteiger partial charge on any atom is -0.465 e. The van der Waals surface area contributed by atoms with Gasteiger partial charge in [0.15, 0.2) is 0 Å². The zero-order valence-corrected chi connectivity index (χ0v) is 12.5. The van der Waals surface area contributed by atoms with E-state index in [2.05, 4.69) is 11.8 Å². The highest BCUT2D eigenvalue weighted by atomic mass is 35.5. The average Bonchev–Trinajstić information content (AvgIpc) is 2.30. The number of piperidine rings is 1. The largest absolute Gasteiger partial charge is 0.465 e. The Labute approximate surface area is 117 Å². The van der Waals surface area contributed by atoms with Crippen molar-refractivity contribution in [2.24, 2.45) is 11.7 Å². The number of esters is 1. The Morgan fingerprint density at radius 2 is 2.17 bits per heavy atom. The Balaban J connectivity index is 0.00000289. The quantitative estimate of drug-likeness (QED) is 0.780. The first-order valence-corrected chi connectivity index (χ1v) is 6.76. The van der Waals surface area contributed by atoms with Crippen LogP contribution in [0.2, 0.25) is 0 Å². The molecule has 1 rings (SSSR count). The van der Waals surface area contributed by atoms with Crippen molar-refractivity contribution in [3.8, 4) is 0 Å². The van der Waals surface area contributed by atoms with Gasteiger partial charge in [-0.2, -0.15) is 0 Å². The first kappa shape index (κ1) is 17.7. The fraction of sp³-hybridized carbons (Fsp3) is 0.923. The number of halogens is 1. The van der Waals surface area contributed by atoms with Gasteiger partial charge in [0.1, 0.15) is 6.04 Å². The molecule has 0 spiro atoms. The third-order valence-electron chi connectivity index (χ3n) is 3.62. The van der Waals surface area contributed by atoms with E-state index in [1.54, 1.807) is 0 Å². The smallest absolute Gasteiger partial charge is 0.323 e. The van der Waals surface area contributed by atoms with Crippen LogP contribution in [0.1, 0.15) is 40.0 Å². The number of rotatable bonds is 5. The molecule has 1 fully saturated rings. The minimum absolute atomic E-state index is 0. The number of nitrogens with zero attached hydrogens (tertiary/aromatic N) is 1. The highest BCUT2D eigenvalue weighted by molar-refractivity contribution is 5.85. The highest BCUT2D eigenvalue weighted by Crippen LogP contribution is 2.22. The van der Waals surface area contributed by atoms with Crippen molar-refractivity contribution in [1.29, 1.82) is 0 Å². The van der Waals surface area contributed by atoms with Crippen molar-refractivity contribution in [2.75, 3.05) is 19.7 Å². The molecule has 0 aromatic heterocycles. The molecule has 1 aliphatic rings. The van der Waals surface area contributed by atoms with Crippen LogP contribution in [0.25, 0.3) is 0 Å². The van der Waals surface area contributed by atoms with Gasteiger partial charge in [0, 0.05) is 12.6 Å². The summed E-state index contributed by atoms with van der Waals surface area (Å²) in [6.45, 7) is 8.32. The van der Waals surface area contributed by atoms with E-state index in [0.29, 0.717) is 12.5 Å². The van der Waals surface area contributed by atoms with Crippen LogP contribution in [-0.2, 0) is 9.53 Å². The maximum atomic E-state index is 11.9. The lowest BCUT2D eigenvalue weighted by Crippen LogP contribution is -2.50. The monoisotopic (exact) mass is 278 g/mol. The number of hydrogen-bond donors (Lipinski definition) is 1. The van der Waals surface area contributed by atoms with Gasteiger partial charge in [0.2, 0.25) is 0 Å². The first-order valence-electron chi connectivity index (χ1n) is 6.76. The van der Waals surface area contributed by atoms with E-state index in [1.807, 2.05) is 13.8 Å². The third kappa shape index (κ3) is 4.75. The molecule has 18 heavy (non-hydrogen) atoms. The van der Waals surface area contributed by atoms with E-state index >= 15 is 0 Å². The molecule has 1 aliphatic heterocycles. The van der Waals surface area contributed by atoms with Crippen LogP contribution in [0.5, 0.6) is 0 Å². The molecule has 0 aromatic rings. The third-order valence-corrected chi connectivity index (χ3v) is 3.62. The average molecular weight is 279 g/mol. The van der Waals surface area contributed by atoms with E-state index in [0.717, 1.165) is 25.9 Å². The minimum atomic E-state index is -0.0866. The van der Waals surface area contributed by atoms with E-state index < -0.39 is 0 Å². The summed E-state index contributed by atoms with van der Waals surface area (Å²) in [5.74, 6) is 0.424. The zero-order chi connectivity index (χ0) is 12.8. The fourth-order valence-corrected chi connectivity index (χ4v) is 2.56. The SMILES string of the molecule is CCOC(=O)C(CC)N1CCCC(C(C)N)C1.Cl. The molecule has 1 saturated heterocycles. The Hall–Kier alpha value is -0.320. The second-order valence-electron chi connectivity index (χ2n) is 4.93. The number of ether oxygens (including phenoxy) is 1. The van der Waals surface area contributed by atoms with Gasteiger partial charge in [-0.05, 0) is 45.6 Å². The van der Waals surface area contributed by atoms with Gasteiger partial charge in [-0.3, -0.25) is 9.69 Å². The molecule has 108 valence electrons. The van der Waals surface area contributed by atoms with Crippen LogP contribution >= 0.6 is 12.4 Å². The summed E-state index contributed by atoms with van der Waals surface area (Å²) < 4.78 is 5.13. The predicted octanol–water partition coefficient (Wildman–Crippen LogP) is 1.81. The fourth-order valence-electron chi connectivity index (χ4n) is 2.56. The summed E-state index contributed by atoms with van der Waals surface area (Å²) in [4.78, 5) is 14.1. The lowest BCUT2D eigenvalue weighted by molar-refractivity contribution is -0.150.